The number of sulfonamides is 1. The van der Waals surface area contributed by atoms with Crippen molar-refractivity contribution in [3.8, 4) is 0 Å². The molecule has 0 aliphatic heterocycles. The second-order valence-corrected chi connectivity index (χ2v) is 7.79. The van der Waals surface area contributed by atoms with Crippen molar-refractivity contribution in [3.63, 3.8) is 0 Å². The normalized spacial score (nSPS) is 11.6. The molecule has 3 N–H and O–H groups in total. The maximum Gasteiger partial charge on any atom is 0.267 e. The molecule has 21 heavy (non-hydrogen) atoms. The lowest BCUT2D eigenvalue weighted by Crippen LogP contribution is -2.14. The van der Waals surface area contributed by atoms with Crippen LogP contribution in [0.5, 0.6) is 0 Å². The van der Waals surface area contributed by atoms with E-state index in [1.165, 1.54) is 10.9 Å². The SMILES string of the molecule is CCCn1cc(S(=O)(=O)Nc2ccc(Br)cc2Br)c(N)n1. The van der Waals surface area contributed by atoms with Gasteiger partial charge in [0.2, 0.25) is 0 Å². The van der Waals surface area contributed by atoms with Gasteiger partial charge in [0, 0.05) is 21.7 Å². The van der Waals surface area contributed by atoms with Crippen molar-refractivity contribution >= 4 is 53.4 Å². The summed E-state index contributed by atoms with van der Waals surface area (Å²) in [4.78, 5) is -0.0224. The van der Waals surface area contributed by atoms with Crippen LogP contribution < -0.4 is 10.5 Å². The Kier molecular flexibility index (Phi) is 4.95. The van der Waals surface area contributed by atoms with E-state index in [2.05, 4.69) is 41.7 Å². The molecule has 0 saturated carbocycles. The van der Waals surface area contributed by atoms with E-state index < -0.39 is 10.0 Å². The van der Waals surface area contributed by atoms with E-state index in [9.17, 15) is 8.42 Å². The first kappa shape index (κ1) is 16.3. The molecular weight excluding hydrogens is 424 g/mol. The van der Waals surface area contributed by atoms with Crippen LogP contribution in [0.15, 0.2) is 38.2 Å². The Morgan fingerprint density at radius 3 is 2.71 bits per heavy atom. The van der Waals surface area contributed by atoms with Crippen LogP contribution in [-0.2, 0) is 16.6 Å². The van der Waals surface area contributed by atoms with Crippen LogP contribution in [0.4, 0.5) is 11.5 Å². The number of nitrogens with zero attached hydrogens (tertiary/aromatic N) is 2. The highest BCUT2D eigenvalue weighted by Gasteiger charge is 2.22. The van der Waals surface area contributed by atoms with E-state index in [1.807, 2.05) is 6.92 Å². The number of nitrogens with one attached hydrogen (secondary N) is 1. The fourth-order valence-electron chi connectivity index (χ4n) is 1.74. The van der Waals surface area contributed by atoms with Gasteiger partial charge in [-0.05, 0) is 40.5 Å². The molecule has 0 radical (unpaired) electrons. The van der Waals surface area contributed by atoms with Crippen molar-refractivity contribution in [3.05, 3.63) is 33.3 Å². The Morgan fingerprint density at radius 2 is 2.10 bits per heavy atom. The molecule has 0 fully saturated rings. The van der Waals surface area contributed by atoms with Crippen LogP contribution in [0, 0.1) is 0 Å². The summed E-state index contributed by atoms with van der Waals surface area (Å²) in [6.45, 7) is 2.59. The van der Waals surface area contributed by atoms with E-state index in [-0.39, 0.29) is 10.7 Å². The van der Waals surface area contributed by atoms with Gasteiger partial charge in [0.25, 0.3) is 10.0 Å². The molecule has 0 saturated heterocycles. The second-order valence-electron chi connectivity index (χ2n) is 4.37. The van der Waals surface area contributed by atoms with Gasteiger partial charge in [0.15, 0.2) is 5.82 Å². The molecule has 1 heterocycles. The van der Waals surface area contributed by atoms with Gasteiger partial charge in [-0.25, -0.2) is 8.42 Å². The standard InChI is InChI=1S/C12H14Br2N4O2S/c1-2-5-18-7-11(12(15)16-18)21(19,20)17-10-4-3-8(13)6-9(10)14/h3-4,6-7,17H,2,5H2,1H3,(H2,15,16). The minimum absolute atomic E-state index is 0.0100. The van der Waals surface area contributed by atoms with E-state index in [0.29, 0.717) is 16.7 Å². The van der Waals surface area contributed by atoms with Gasteiger partial charge in [0.1, 0.15) is 4.90 Å². The summed E-state index contributed by atoms with van der Waals surface area (Å²) in [5, 5.41) is 4.00. The maximum absolute atomic E-state index is 12.4. The molecule has 114 valence electrons. The molecular formula is C12H14Br2N4O2S. The Morgan fingerprint density at radius 1 is 1.38 bits per heavy atom. The van der Waals surface area contributed by atoms with Gasteiger partial charge >= 0.3 is 0 Å². The number of benzene rings is 1. The summed E-state index contributed by atoms with van der Waals surface area (Å²) in [5.74, 6) is -0.0100. The molecule has 0 atom stereocenters. The molecule has 0 aliphatic carbocycles. The van der Waals surface area contributed by atoms with Crippen LogP contribution in [0.1, 0.15) is 13.3 Å². The second kappa shape index (κ2) is 6.37. The van der Waals surface area contributed by atoms with Gasteiger partial charge in [-0.2, -0.15) is 5.10 Å². The molecule has 2 rings (SSSR count). The van der Waals surface area contributed by atoms with Crippen LogP contribution in [0.25, 0.3) is 0 Å². The number of halogens is 2. The molecule has 0 bridgehead atoms. The Balaban J connectivity index is 2.34. The van der Waals surface area contributed by atoms with Gasteiger partial charge in [-0.3, -0.25) is 9.40 Å². The quantitative estimate of drug-likeness (QED) is 0.751. The third-order valence-corrected chi connectivity index (χ3v) is 5.20. The molecule has 0 aliphatic rings. The molecule has 9 heteroatoms. The first-order valence-corrected chi connectivity index (χ1v) is 9.21. The van der Waals surface area contributed by atoms with Crippen molar-refractivity contribution in [2.45, 2.75) is 24.8 Å². The first-order chi connectivity index (χ1) is 9.83. The van der Waals surface area contributed by atoms with Crippen LogP contribution in [0.2, 0.25) is 0 Å². The van der Waals surface area contributed by atoms with E-state index in [1.54, 1.807) is 18.2 Å². The Hall–Kier alpha value is -1.06. The number of anilines is 2. The topological polar surface area (TPSA) is 90.0 Å². The van der Waals surface area contributed by atoms with Gasteiger partial charge < -0.3 is 5.73 Å². The maximum atomic E-state index is 12.4. The molecule has 1 aromatic carbocycles. The smallest absolute Gasteiger partial charge is 0.267 e. The summed E-state index contributed by atoms with van der Waals surface area (Å²) in [6.07, 6.45) is 2.28. The number of aromatic nitrogens is 2. The lowest BCUT2D eigenvalue weighted by molar-refractivity contribution is 0.595. The highest BCUT2D eigenvalue weighted by molar-refractivity contribution is 9.11. The zero-order valence-electron chi connectivity index (χ0n) is 11.2. The van der Waals surface area contributed by atoms with Crippen molar-refractivity contribution in [1.82, 2.24) is 9.78 Å². The minimum Gasteiger partial charge on any atom is -0.381 e. The third kappa shape index (κ3) is 3.78. The zero-order valence-corrected chi connectivity index (χ0v) is 15.2. The molecule has 2 aromatic rings. The number of aryl methyl sites for hydroxylation is 1. The number of nitrogen functional groups attached to an aromatic ring is 1. The van der Waals surface area contributed by atoms with E-state index in [4.69, 9.17) is 5.73 Å². The Bertz CT molecular complexity index is 759. The molecule has 0 spiro atoms. The van der Waals surface area contributed by atoms with Crippen LogP contribution in [-0.4, -0.2) is 18.2 Å². The predicted molar refractivity (Wildman–Crippen MR) is 89.6 cm³/mol. The van der Waals surface area contributed by atoms with Crippen molar-refractivity contribution in [2.75, 3.05) is 10.5 Å². The lowest BCUT2D eigenvalue weighted by Gasteiger charge is -2.09. The summed E-state index contributed by atoms with van der Waals surface area (Å²) in [7, 11) is -3.78. The lowest BCUT2D eigenvalue weighted by atomic mass is 10.3. The van der Waals surface area contributed by atoms with E-state index >= 15 is 0 Å². The largest absolute Gasteiger partial charge is 0.381 e. The fraction of sp³-hybridized carbons (Fsp3) is 0.250. The van der Waals surface area contributed by atoms with Gasteiger partial charge in [0.05, 0.1) is 5.69 Å². The number of hydrogen-bond donors (Lipinski definition) is 2. The fourth-order valence-corrected chi connectivity index (χ4v) is 4.17. The molecule has 6 nitrogen and oxygen atoms in total. The zero-order chi connectivity index (χ0) is 15.6. The van der Waals surface area contributed by atoms with Crippen molar-refractivity contribution < 1.29 is 8.42 Å². The Labute approximate surface area is 140 Å². The summed E-state index contributed by atoms with van der Waals surface area (Å²) in [6, 6.07) is 5.15. The van der Waals surface area contributed by atoms with Crippen molar-refractivity contribution in [2.24, 2.45) is 0 Å². The summed E-state index contributed by atoms with van der Waals surface area (Å²) >= 11 is 6.62. The number of nitrogens with two attached hydrogens (primary N) is 1. The summed E-state index contributed by atoms with van der Waals surface area (Å²) in [5.41, 5.74) is 6.13. The highest BCUT2D eigenvalue weighted by Crippen LogP contribution is 2.29. The predicted octanol–water partition coefficient (Wildman–Crippen LogP) is 3.20. The molecule has 0 amide bonds. The molecule has 0 unspecified atom stereocenters. The molecule has 1 aromatic heterocycles. The monoisotopic (exact) mass is 436 g/mol. The first-order valence-electron chi connectivity index (χ1n) is 6.14. The summed E-state index contributed by atoms with van der Waals surface area (Å²) < 4.78 is 30.3. The average Bonchev–Trinajstić information content (AvgIpc) is 2.75. The number of hydrogen-bond acceptors (Lipinski definition) is 4. The van der Waals surface area contributed by atoms with E-state index in [0.717, 1.165) is 10.9 Å². The van der Waals surface area contributed by atoms with Crippen LogP contribution in [0.3, 0.4) is 0 Å². The van der Waals surface area contributed by atoms with Gasteiger partial charge in [-0.15, -0.1) is 0 Å². The third-order valence-electron chi connectivity index (χ3n) is 2.67. The van der Waals surface area contributed by atoms with Gasteiger partial charge in [-0.1, -0.05) is 22.9 Å². The average molecular weight is 438 g/mol. The highest BCUT2D eigenvalue weighted by atomic mass is 79.9. The minimum atomic E-state index is -3.78. The number of rotatable bonds is 5. The van der Waals surface area contributed by atoms with Crippen molar-refractivity contribution in [1.29, 1.82) is 0 Å². The van der Waals surface area contributed by atoms with Crippen LogP contribution >= 0.6 is 31.9 Å².